The summed E-state index contributed by atoms with van der Waals surface area (Å²) in [7, 11) is 0. The molecule has 1 aliphatic heterocycles. The van der Waals surface area contributed by atoms with E-state index in [0.29, 0.717) is 11.4 Å². The maximum Gasteiger partial charge on any atom is 0.341 e. The van der Waals surface area contributed by atoms with Crippen LogP contribution in [0.4, 0.5) is 0 Å². The topological polar surface area (TPSA) is 99.5 Å². The van der Waals surface area contributed by atoms with E-state index in [0.717, 1.165) is 0 Å². The molecule has 6 nitrogen and oxygen atoms in total. The van der Waals surface area contributed by atoms with Crippen LogP contribution < -0.4 is 5.32 Å². The van der Waals surface area contributed by atoms with Crippen molar-refractivity contribution in [3.8, 4) is 0 Å². The van der Waals surface area contributed by atoms with E-state index in [-0.39, 0.29) is 6.42 Å². The van der Waals surface area contributed by atoms with E-state index in [1.165, 1.54) is 0 Å². The summed E-state index contributed by atoms with van der Waals surface area (Å²) >= 11 is 6.58. The number of carbonyl (C=O) groups is 2. The van der Waals surface area contributed by atoms with E-state index in [1.54, 1.807) is 30.5 Å². The molecule has 0 saturated heterocycles. The number of aromatic nitrogens is 1. The molecule has 0 atom stereocenters. The molecule has 0 aromatic carbocycles. The minimum Gasteiger partial charge on any atom is -0.479 e. The molecule has 0 amide bonds. The SMILES string of the molecule is O=C(O)C1(C(=O)O)CC(Br)(Br)C=C(c2ccccn2)N1. The van der Waals surface area contributed by atoms with Crippen molar-refractivity contribution in [2.75, 3.05) is 0 Å². The van der Waals surface area contributed by atoms with Gasteiger partial charge in [0.1, 0.15) is 3.23 Å². The number of aliphatic carboxylic acids is 2. The summed E-state index contributed by atoms with van der Waals surface area (Å²) in [5.74, 6) is -2.93. The van der Waals surface area contributed by atoms with Gasteiger partial charge in [0.2, 0.25) is 5.54 Å². The molecule has 0 unspecified atom stereocenters. The Balaban J connectivity index is 2.53. The lowest BCUT2D eigenvalue weighted by molar-refractivity contribution is -0.158. The van der Waals surface area contributed by atoms with Crippen LogP contribution in [0.15, 0.2) is 30.5 Å². The van der Waals surface area contributed by atoms with Gasteiger partial charge in [-0.1, -0.05) is 37.9 Å². The predicted molar refractivity (Wildman–Crippen MR) is 78.6 cm³/mol. The van der Waals surface area contributed by atoms with E-state index >= 15 is 0 Å². The van der Waals surface area contributed by atoms with E-state index in [1.807, 2.05) is 0 Å². The largest absolute Gasteiger partial charge is 0.479 e. The van der Waals surface area contributed by atoms with Gasteiger partial charge in [0, 0.05) is 12.6 Å². The van der Waals surface area contributed by atoms with E-state index in [4.69, 9.17) is 0 Å². The molecule has 1 aromatic rings. The Bertz CT molecular complexity index is 572. The zero-order valence-electron chi connectivity index (χ0n) is 10.0. The Morgan fingerprint density at radius 3 is 2.40 bits per heavy atom. The van der Waals surface area contributed by atoms with E-state index < -0.39 is 20.7 Å². The maximum atomic E-state index is 11.4. The third-order valence-electron chi connectivity index (χ3n) is 2.88. The first-order chi connectivity index (χ1) is 9.27. The van der Waals surface area contributed by atoms with Crippen LogP contribution in [0.2, 0.25) is 0 Å². The van der Waals surface area contributed by atoms with Crippen molar-refractivity contribution in [2.24, 2.45) is 0 Å². The third kappa shape index (κ3) is 2.71. The van der Waals surface area contributed by atoms with Gasteiger partial charge in [-0.15, -0.1) is 0 Å². The van der Waals surface area contributed by atoms with Gasteiger partial charge >= 0.3 is 11.9 Å². The smallest absolute Gasteiger partial charge is 0.341 e. The fourth-order valence-corrected chi connectivity index (χ4v) is 3.23. The monoisotopic (exact) mass is 404 g/mol. The lowest BCUT2D eigenvalue weighted by atomic mass is 9.89. The highest BCUT2D eigenvalue weighted by molar-refractivity contribution is 9.25. The molecule has 0 spiro atoms. The standard InChI is InChI=1S/C12H10Br2N2O4/c13-11(14)5-8(7-3-1-2-4-15-7)16-12(6-11,9(17)18)10(19)20/h1-5,16H,6H2,(H,17,18)(H,19,20). The molecule has 0 radical (unpaired) electrons. The van der Waals surface area contributed by atoms with Crippen LogP contribution in [-0.4, -0.2) is 35.9 Å². The number of hydrogen-bond acceptors (Lipinski definition) is 4. The molecule has 20 heavy (non-hydrogen) atoms. The molecule has 0 saturated carbocycles. The fraction of sp³-hybridized carbons (Fsp3) is 0.250. The second-order valence-electron chi connectivity index (χ2n) is 4.35. The van der Waals surface area contributed by atoms with Crippen molar-refractivity contribution in [2.45, 2.75) is 15.2 Å². The average Bonchev–Trinajstić information content (AvgIpc) is 2.37. The number of carboxylic acids is 2. The fourth-order valence-electron chi connectivity index (χ4n) is 1.94. The number of hydrogen-bond donors (Lipinski definition) is 3. The minimum atomic E-state index is -2.13. The number of nitrogens with one attached hydrogen (secondary N) is 1. The molecule has 3 N–H and O–H groups in total. The van der Waals surface area contributed by atoms with Crippen LogP contribution in [-0.2, 0) is 9.59 Å². The lowest BCUT2D eigenvalue weighted by Crippen LogP contribution is -2.61. The molecule has 2 heterocycles. The van der Waals surface area contributed by atoms with Gasteiger partial charge in [0.25, 0.3) is 0 Å². The number of pyridine rings is 1. The molecule has 0 aliphatic carbocycles. The molecular weight excluding hydrogens is 396 g/mol. The number of nitrogens with zero attached hydrogens (tertiary/aromatic N) is 1. The van der Waals surface area contributed by atoms with Gasteiger partial charge in [0.15, 0.2) is 0 Å². The molecular formula is C12H10Br2N2O4. The van der Waals surface area contributed by atoms with Crippen molar-refractivity contribution in [1.82, 2.24) is 10.3 Å². The maximum absolute atomic E-state index is 11.4. The van der Waals surface area contributed by atoms with Crippen LogP contribution in [0.3, 0.4) is 0 Å². The zero-order valence-corrected chi connectivity index (χ0v) is 13.2. The van der Waals surface area contributed by atoms with Crippen LogP contribution in [0.5, 0.6) is 0 Å². The third-order valence-corrected chi connectivity index (χ3v) is 3.89. The Kier molecular flexibility index (Phi) is 3.88. The van der Waals surface area contributed by atoms with Crippen molar-refractivity contribution in [3.63, 3.8) is 0 Å². The highest BCUT2D eigenvalue weighted by Gasteiger charge is 2.54. The molecule has 1 aliphatic rings. The Labute approximate surface area is 131 Å². The summed E-state index contributed by atoms with van der Waals surface area (Å²) < 4.78 is -0.950. The highest BCUT2D eigenvalue weighted by Crippen LogP contribution is 2.42. The van der Waals surface area contributed by atoms with Crippen molar-refractivity contribution in [1.29, 1.82) is 0 Å². The van der Waals surface area contributed by atoms with Gasteiger partial charge in [0.05, 0.1) is 11.4 Å². The van der Waals surface area contributed by atoms with Crippen LogP contribution >= 0.6 is 31.9 Å². The number of halogens is 2. The van der Waals surface area contributed by atoms with Gasteiger partial charge in [-0.3, -0.25) is 4.98 Å². The van der Waals surface area contributed by atoms with Gasteiger partial charge < -0.3 is 15.5 Å². The molecule has 0 fully saturated rings. The minimum absolute atomic E-state index is 0.207. The zero-order chi connectivity index (χ0) is 15.0. The number of carboxylic acid groups (broad SMARTS) is 2. The molecule has 2 rings (SSSR count). The van der Waals surface area contributed by atoms with Gasteiger partial charge in [-0.05, 0) is 18.2 Å². The normalized spacial score (nSPS) is 19.6. The van der Waals surface area contributed by atoms with Crippen molar-refractivity contribution >= 4 is 49.5 Å². The van der Waals surface area contributed by atoms with E-state index in [2.05, 4.69) is 42.2 Å². The number of alkyl halides is 2. The summed E-state index contributed by atoms with van der Waals surface area (Å²) in [5, 5.41) is 21.2. The van der Waals surface area contributed by atoms with Crippen molar-refractivity contribution in [3.05, 3.63) is 36.2 Å². The molecule has 8 heteroatoms. The molecule has 0 bridgehead atoms. The second-order valence-corrected chi connectivity index (χ2v) is 8.25. The molecule has 106 valence electrons. The summed E-state index contributed by atoms with van der Waals surface area (Å²) in [4.78, 5) is 27.0. The van der Waals surface area contributed by atoms with Crippen LogP contribution in [0.1, 0.15) is 12.1 Å². The Morgan fingerprint density at radius 2 is 1.90 bits per heavy atom. The second kappa shape index (κ2) is 5.17. The first kappa shape index (κ1) is 15.0. The predicted octanol–water partition coefficient (Wildman–Crippen LogP) is 1.81. The van der Waals surface area contributed by atoms with Gasteiger partial charge in [-0.2, -0.15) is 0 Å². The first-order valence-electron chi connectivity index (χ1n) is 5.54. The number of allylic oxidation sites excluding steroid dienone is 1. The summed E-state index contributed by atoms with van der Waals surface area (Å²) in [6, 6.07) is 5.10. The summed E-state index contributed by atoms with van der Waals surface area (Å²) in [5.41, 5.74) is -1.34. The Hall–Kier alpha value is -1.41. The Morgan fingerprint density at radius 1 is 1.25 bits per heavy atom. The summed E-state index contributed by atoms with van der Waals surface area (Å²) in [6.45, 7) is 0. The average molecular weight is 406 g/mol. The summed E-state index contributed by atoms with van der Waals surface area (Å²) in [6.07, 6.45) is 2.99. The van der Waals surface area contributed by atoms with Gasteiger partial charge in [-0.25, -0.2) is 9.59 Å². The van der Waals surface area contributed by atoms with Crippen molar-refractivity contribution < 1.29 is 19.8 Å². The quantitative estimate of drug-likeness (QED) is 0.523. The highest BCUT2D eigenvalue weighted by atomic mass is 79.9. The lowest BCUT2D eigenvalue weighted by Gasteiger charge is -2.37. The van der Waals surface area contributed by atoms with Crippen LogP contribution in [0, 0.1) is 0 Å². The van der Waals surface area contributed by atoms with E-state index in [9.17, 15) is 19.8 Å². The first-order valence-corrected chi connectivity index (χ1v) is 7.12. The van der Waals surface area contributed by atoms with Crippen LogP contribution in [0.25, 0.3) is 5.70 Å². The molecule has 1 aromatic heterocycles. The number of rotatable bonds is 3.